The van der Waals surface area contributed by atoms with E-state index in [2.05, 4.69) is 13.6 Å². The summed E-state index contributed by atoms with van der Waals surface area (Å²) in [5.41, 5.74) is 0. The van der Waals surface area contributed by atoms with Crippen molar-refractivity contribution >= 4 is 8.81 Å². The van der Waals surface area contributed by atoms with Crippen LogP contribution in [0.15, 0.2) is 0 Å². The van der Waals surface area contributed by atoms with Gasteiger partial charge in [0, 0.05) is 8.81 Å². The van der Waals surface area contributed by atoms with E-state index in [0.29, 0.717) is 8.81 Å². The SMILES string of the molecule is CCCCCCCCCCCCOPC. The van der Waals surface area contributed by atoms with E-state index in [-0.39, 0.29) is 0 Å². The van der Waals surface area contributed by atoms with Gasteiger partial charge in [0.2, 0.25) is 0 Å². The van der Waals surface area contributed by atoms with Gasteiger partial charge in [0.05, 0.1) is 6.61 Å². The molecule has 0 fully saturated rings. The number of rotatable bonds is 12. The van der Waals surface area contributed by atoms with E-state index in [1.54, 1.807) is 0 Å². The summed E-state index contributed by atoms with van der Waals surface area (Å²) >= 11 is 0. The molecule has 0 aliphatic heterocycles. The molecule has 92 valence electrons. The van der Waals surface area contributed by atoms with Gasteiger partial charge in [-0.15, -0.1) is 0 Å². The maximum atomic E-state index is 5.33. The Morgan fingerprint density at radius 1 is 0.733 bits per heavy atom. The van der Waals surface area contributed by atoms with Crippen molar-refractivity contribution < 1.29 is 4.52 Å². The first-order chi connectivity index (χ1) is 7.41. The zero-order chi connectivity index (χ0) is 11.2. The number of unbranched alkanes of at least 4 members (excludes halogenated alkanes) is 9. The lowest BCUT2D eigenvalue weighted by molar-refractivity contribution is 0.346. The van der Waals surface area contributed by atoms with Crippen LogP contribution in [0.25, 0.3) is 0 Å². The van der Waals surface area contributed by atoms with E-state index in [1.165, 1.54) is 64.2 Å². The molecule has 0 aromatic rings. The third-order valence-electron chi connectivity index (χ3n) is 2.74. The van der Waals surface area contributed by atoms with Gasteiger partial charge in [0.15, 0.2) is 0 Å². The van der Waals surface area contributed by atoms with Gasteiger partial charge in [-0.2, -0.15) is 0 Å². The highest BCUT2D eigenvalue weighted by atomic mass is 31.1. The lowest BCUT2D eigenvalue weighted by Gasteiger charge is -2.02. The molecule has 1 nitrogen and oxygen atoms in total. The molecule has 0 aromatic heterocycles. The minimum atomic E-state index is 0.670. The van der Waals surface area contributed by atoms with Crippen molar-refractivity contribution in [3.8, 4) is 0 Å². The summed E-state index contributed by atoms with van der Waals surface area (Å²) in [5, 5.41) is 0. The van der Waals surface area contributed by atoms with Crippen molar-refractivity contribution in [1.82, 2.24) is 0 Å². The summed E-state index contributed by atoms with van der Waals surface area (Å²) in [6.45, 7) is 5.35. The Bertz CT molecular complexity index is 94.7. The molecule has 0 aliphatic rings. The van der Waals surface area contributed by atoms with E-state index in [9.17, 15) is 0 Å². The van der Waals surface area contributed by atoms with Crippen LogP contribution in [0.3, 0.4) is 0 Å². The van der Waals surface area contributed by atoms with Crippen LogP contribution >= 0.6 is 8.81 Å². The maximum absolute atomic E-state index is 5.33. The van der Waals surface area contributed by atoms with Gasteiger partial charge in [0.25, 0.3) is 0 Å². The molecule has 1 unspecified atom stereocenters. The van der Waals surface area contributed by atoms with E-state index >= 15 is 0 Å². The van der Waals surface area contributed by atoms with Crippen molar-refractivity contribution in [1.29, 1.82) is 0 Å². The fraction of sp³-hybridized carbons (Fsp3) is 1.00. The normalized spacial score (nSPS) is 11.6. The molecule has 15 heavy (non-hydrogen) atoms. The quantitative estimate of drug-likeness (QED) is 0.334. The Kier molecular flexibility index (Phi) is 14.8. The Labute approximate surface area is 98.2 Å². The van der Waals surface area contributed by atoms with Gasteiger partial charge >= 0.3 is 0 Å². The summed E-state index contributed by atoms with van der Waals surface area (Å²) < 4.78 is 5.33. The monoisotopic (exact) mass is 232 g/mol. The molecular formula is C13H29OP. The van der Waals surface area contributed by atoms with Crippen LogP contribution in [0.1, 0.15) is 71.1 Å². The fourth-order valence-electron chi connectivity index (χ4n) is 1.76. The largest absolute Gasteiger partial charge is 0.363 e. The number of hydrogen-bond donors (Lipinski definition) is 0. The zero-order valence-electron chi connectivity index (χ0n) is 10.7. The predicted octanol–water partition coefficient (Wildman–Crippen LogP) is 5.15. The van der Waals surface area contributed by atoms with E-state index in [1.807, 2.05) is 0 Å². The molecule has 0 saturated heterocycles. The van der Waals surface area contributed by atoms with E-state index in [0.717, 1.165) is 6.61 Å². The lowest BCUT2D eigenvalue weighted by atomic mass is 10.1. The number of hydrogen-bond acceptors (Lipinski definition) is 1. The molecule has 0 heterocycles. The van der Waals surface area contributed by atoms with Crippen molar-refractivity contribution in [2.24, 2.45) is 0 Å². The summed E-state index contributed by atoms with van der Waals surface area (Å²) in [6.07, 6.45) is 14.0. The molecular weight excluding hydrogens is 203 g/mol. The maximum Gasteiger partial charge on any atom is 0.0505 e. The van der Waals surface area contributed by atoms with Gasteiger partial charge < -0.3 is 4.52 Å². The Morgan fingerprint density at radius 2 is 1.20 bits per heavy atom. The summed E-state index contributed by atoms with van der Waals surface area (Å²) in [6, 6.07) is 0. The topological polar surface area (TPSA) is 9.23 Å². The first-order valence-electron chi connectivity index (χ1n) is 6.70. The second-order valence-electron chi connectivity index (χ2n) is 4.23. The molecule has 0 amide bonds. The summed E-state index contributed by atoms with van der Waals surface area (Å²) in [7, 11) is 0.670. The van der Waals surface area contributed by atoms with Crippen LogP contribution in [0.2, 0.25) is 0 Å². The Hall–Kier alpha value is 0.390. The first kappa shape index (κ1) is 15.4. The van der Waals surface area contributed by atoms with Gasteiger partial charge in [0.1, 0.15) is 0 Å². The second kappa shape index (κ2) is 14.4. The molecule has 0 N–H and O–H groups in total. The average Bonchev–Trinajstić information content (AvgIpc) is 2.26. The molecule has 0 rings (SSSR count). The fourth-order valence-corrected chi connectivity index (χ4v) is 2.11. The van der Waals surface area contributed by atoms with Crippen LogP contribution in [0.4, 0.5) is 0 Å². The van der Waals surface area contributed by atoms with Crippen LogP contribution in [-0.4, -0.2) is 13.3 Å². The molecule has 0 bridgehead atoms. The van der Waals surface area contributed by atoms with Crippen LogP contribution in [-0.2, 0) is 4.52 Å². The molecule has 0 saturated carbocycles. The molecule has 2 heteroatoms. The molecule has 0 radical (unpaired) electrons. The molecule has 0 aromatic carbocycles. The summed E-state index contributed by atoms with van der Waals surface area (Å²) in [4.78, 5) is 0. The predicted molar refractivity (Wildman–Crippen MR) is 72.0 cm³/mol. The standard InChI is InChI=1S/C13H29OP/c1-3-4-5-6-7-8-9-10-11-12-13-14-15-2/h15H,3-13H2,1-2H3. The third kappa shape index (κ3) is 14.4. The smallest absolute Gasteiger partial charge is 0.0505 e. The highest BCUT2D eigenvalue weighted by Gasteiger charge is 1.92. The Balaban J connectivity index is 2.81. The minimum absolute atomic E-state index is 0.670. The third-order valence-corrected chi connectivity index (χ3v) is 3.24. The zero-order valence-corrected chi connectivity index (χ0v) is 11.7. The first-order valence-corrected chi connectivity index (χ1v) is 8.11. The Morgan fingerprint density at radius 3 is 1.67 bits per heavy atom. The van der Waals surface area contributed by atoms with E-state index in [4.69, 9.17) is 4.52 Å². The highest BCUT2D eigenvalue weighted by molar-refractivity contribution is 7.31. The van der Waals surface area contributed by atoms with Crippen molar-refractivity contribution in [2.75, 3.05) is 13.3 Å². The van der Waals surface area contributed by atoms with Gasteiger partial charge in [-0.1, -0.05) is 64.7 Å². The summed E-state index contributed by atoms with van der Waals surface area (Å²) in [5.74, 6) is 0. The van der Waals surface area contributed by atoms with E-state index < -0.39 is 0 Å². The van der Waals surface area contributed by atoms with Crippen molar-refractivity contribution in [2.45, 2.75) is 71.1 Å². The van der Waals surface area contributed by atoms with Crippen LogP contribution < -0.4 is 0 Å². The highest BCUT2D eigenvalue weighted by Crippen LogP contribution is 2.11. The molecule has 1 atom stereocenters. The van der Waals surface area contributed by atoms with Crippen LogP contribution in [0, 0.1) is 0 Å². The molecule has 0 spiro atoms. The average molecular weight is 232 g/mol. The van der Waals surface area contributed by atoms with Crippen molar-refractivity contribution in [3.63, 3.8) is 0 Å². The van der Waals surface area contributed by atoms with Crippen LogP contribution in [0.5, 0.6) is 0 Å². The molecule has 0 aliphatic carbocycles. The second-order valence-corrected chi connectivity index (χ2v) is 4.93. The lowest BCUT2D eigenvalue weighted by Crippen LogP contribution is -1.86. The van der Waals surface area contributed by atoms with Gasteiger partial charge in [-0.25, -0.2) is 0 Å². The minimum Gasteiger partial charge on any atom is -0.363 e. The van der Waals surface area contributed by atoms with Gasteiger partial charge in [-0.05, 0) is 13.1 Å². The van der Waals surface area contributed by atoms with Crippen molar-refractivity contribution in [3.05, 3.63) is 0 Å². The van der Waals surface area contributed by atoms with Gasteiger partial charge in [-0.3, -0.25) is 0 Å².